The molecule has 0 aromatic rings. The zero-order valence-corrected chi connectivity index (χ0v) is 11.6. The molecule has 1 heterocycles. The topological polar surface area (TPSA) is 32.3 Å². The van der Waals surface area contributed by atoms with E-state index in [0.29, 0.717) is 17.1 Å². The third-order valence-corrected chi connectivity index (χ3v) is 4.09. The summed E-state index contributed by atoms with van der Waals surface area (Å²) in [6.45, 7) is 8.16. The molecule has 16 heavy (non-hydrogen) atoms. The second kappa shape index (κ2) is 6.50. The van der Waals surface area contributed by atoms with E-state index < -0.39 is 0 Å². The van der Waals surface area contributed by atoms with Crippen LogP contribution in [0, 0.1) is 5.92 Å². The van der Waals surface area contributed by atoms with E-state index in [1.165, 1.54) is 0 Å². The Balaban J connectivity index is 2.33. The lowest BCUT2D eigenvalue weighted by Gasteiger charge is -2.17. The Morgan fingerprint density at radius 2 is 2.19 bits per heavy atom. The van der Waals surface area contributed by atoms with E-state index in [2.05, 4.69) is 32.3 Å². The molecule has 1 fully saturated rings. The van der Waals surface area contributed by atoms with Gasteiger partial charge in [0, 0.05) is 11.8 Å². The zero-order valence-electron chi connectivity index (χ0n) is 10.8. The maximum atomic E-state index is 12.0. The Bertz CT molecular complexity index is 233. The fourth-order valence-electron chi connectivity index (χ4n) is 1.91. The molecule has 94 valence electrons. The highest BCUT2D eigenvalue weighted by Gasteiger charge is 2.30. The lowest BCUT2D eigenvalue weighted by Crippen LogP contribution is -2.32. The average molecular weight is 244 g/mol. The first-order valence-electron chi connectivity index (χ1n) is 6.09. The molecule has 1 aliphatic heterocycles. The van der Waals surface area contributed by atoms with E-state index in [1.54, 1.807) is 0 Å². The average Bonchev–Trinajstić information content (AvgIpc) is 2.56. The van der Waals surface area contributed by atoms with Gasteiger partial charge in [0.2, 0.25) is 5.91 Å². The van der Waals surface area contributed by atoms with E-state index in [1.807, 2.05) is 16.7 Å². The Hall–Kier alpha value is -0.220. The summed E-state index contributed by atoms with van der Waals surface area (Å²) < 4.78 is 0. The van der Waals surface area contributed by atoms with Crippen molar-refractivity contribution in [2.75, 3.05) is 19.5 Å². The minimum absolute atomic E-state index is 0.0598. The number of hydrogen-bond acceptors (Lipinski definition) is 3. The lowest BCUT2D eigenvalue weighted by atomic mass is 10.0. The van der Waals surface area contributed by atoms with Gasteiger partial charge in [-0.15, -0.1) is 0 Å². The molecule has 0 aromatic carbocycles. The van der Waals surface area contributed by atoms with Crippen molar-refractivity contribution in [2.24, 2.45) is 5.92 Å². The molecular formula is C12H24N2OS. The molecule has 0 spiro atoms. The monoisotopic (exact) mass is 244 g/mol. The van der Waals surface area contributed by atoms with Crippen LogP contribution in [0.4, 0.5) is 0 Å². The van der Waals surface area contributed by atoms with Gasteiger partial charge in [0.15, 0.2) is 0 Å². The number of carbonyl (C=O) groups is 1. The first-order valence-corrected chi connectivity index (χ1v) is 7.38. The summed E-state index contributed by atoms with van der Waals surface area (Å²) in [7, 11) is 0. The van der Waals surface area contributed by atoms with Gasteiger partial charge in [-0.3, -0.25) is 10.1 Å². The van der Waals surface area contributed by atoms with Crippen molar-refractivity contribution in [1.82, 2.24) is 10.2 Å². The first-order chi connectivity index (χ1) is 7.54. The van der Waals surface area contributed by atoms with Crippen molar-refractivity contribution in [2.45, 2.75) is 44.9 Å². The summed E-state index contributed by atoms with van der Waals surface area (Å²) in [4.78, 5) is 14.0. The molecule has 1 aliphatic rings. The highest BCUT2D eigenvalue weighted by molar-refractivity contribution is 7.99. The minimum Gasteiger partial charge on any atom is -0.329 e. The SMILES string of the molecule is CSC(C)CCN1CNC(CC(C)C)C1=O. The van der Waals surface area contributed by atoms with Gasteiger partial charge in [-0.05, 0) is 25.0 Å². The molecule has 0 aliphatic carbocycles. The van der Waals surface area contributed by atoms with Gasteiger partial charge in [0.05, 0.1) is 12.7 Å². The molecule has 2 unspecified atom stereocenters. The predicted molar refractivity (Wildman–Crippen MR) is 70.6 cm³/mol. The Labute approximate surface area is 103 Å². The highest BCUT2D eigenvalue weighted by atomic mass is 32.2. The van der Waals surface area contributed by atoms with Crippen molar-refractivity contribution in [3.05, 3.63) is 0 Å². The van der Waals surface area contributed by atoms with Gasteiger partial charge in [-0.1, -0.05) is 20.8 Å². The van der Waals surface area contributed by atoms with E-state index in [4.69, 9.17) is 0 Å². The summed E-state index contributed by atoms with van der Waals surface area (Å²) in [6.07, 6.45) is 4.16. The van der Waals surface area contributed by atoms with E-state index in [9.17, 15) is 4.79 Å². The van der Waals surface area contributed by atoms with Crippen LogP contribution in [0.15, 0.2) is 0 Å². The molecule has 1 rings (SSSR count). The molecule has 0 aromatic heterocycles. The molecule has 1 amide bonds. The molecular weight excluding hydrogens is 220 g/mol. The molecule has 3 nitrogen and oxygen atoms in total. The fraction of sp³-hybridized carbons (Fsp3) is 0.917. The third-order valence-electron chi connectivity index (χ3n) is 3.05. The first kappa shape index (κ1) is 13.8. The van der Waals surface area contributed by atoms with Crippen molar-refractivity contribution in [3.63, 3.8) is 0 Å². The summed E-state index contributed by atoms with van der Waals surface area (Å²) in [5.41, 5.74) is 0. The number of nitrogens with zero attached hydrogens (tertiary/aromatic N) is 1. The predicted octanol–water partition coefficient (Wildman–Crippen LogP) is 1.93. The third kappa shape index (κ3) is 3.98. The van der Waals surface area contributed by atoms with Gasteiger partial charge in [0.25, 0.3) is 0 Å². The Kier molecular flexibility index (Phi) is 5.62. The van der Waals surface area contributed by atoms with Crippen LogP contribution in [0.1, 0.15) is 33.6 Å². The fourth-order valence-corrected chi connectivity index (χ4v) is 2.25. The maximum absolute atomic E-state index is 12.0. The van der Waals surface area contributed by atoms with Crippen LogP contribution >= 0.6 is 11.8 Å². The Morgan fingerprint density at radius 3 is 2.75 bits per heavy atom. The largest absolute Gasteiger partial charge is 0.329 e. The quantitative estimate of drug-likeness (QED) is 0.775. The van der Waals surface area contributed by atoms with Crippen LogP contribution in [0.5, 0.6) is 0 Å². The van der Waals surface area contributed by atoms with Gasteiger partial charge >= 0.3 is 0 Å². The second-order valence-corrected chi connectivity index (χ2v) is 6.26. The van der Waals surface area contributed by atoms with Crippen LogP contribution in [0.3, 0.4) is 0 Å². The number of rotatable bonds is 6. The van der Waals surface area contributed by atoms with Crippen LogP contribution in [-0.4, -0.2) is 41.6 Å². The standard InChI is InChI=1S/C12H24N2OS/c1-9(2)7-11-12(15)14(8-13-11)6-5-10(3)16-4/h9-11,13H,5-8H2,1-4H3. The van der Waals surface area contributed by atoms with E-state index in [0.717, 1.165) is 26.1 Å². The summed E-state index contributed by atoms with van der Waals surface area (Å²) in [5.74, 6) is 0.869. The van der Waals surface area contributed by atoms with Gasteiger partial charge in [-0.25, -0.2) is 0 Å². The molecule has 2 atom stereocenters. The Morgan fingerprint density at radius 1 is 1.50 bits per heavy atom. The highest BCUT2D eigenvalue weighted by Crippen LogP contribution is 2.15. The van der Waals surface area contributed by atoms with Crippen molar-refractivity contribution in [1.29, 1.82) is 0 Å². The van der Waals surface area contributed by atoms with Crippen LogP contribution in [-0.2, 0) is 4.79 Å². The van der Waals surface area contributed by atoms with Gasteiger partial charge < -0.3 is 4.90 Å². The number of thioether (sulfide) groups is 1. The molecule has 0 bridgehead atoms. The molecule has 1 saturated heterocycles. The minimum atomic E-state index is 0.0598. The van der Waals surface area contributed by atoms with Crippen LogP contribution < -0.4 is 5.32 Å². The van der Waals surface area contributed by atoms with E-state index in [-0.39, 0.29) is 6.04 Å². The number of carbonyl (C=O) groups excluding carboxylic acids is 1. The molecule has 4 heteroatoms. The van der Waals surface area contributed by atoms with Crippen molar-refractivity contribution in [3.8, 4) is 0 Å². The van der Waals surface area contributed by atoms with Crippen LogP contribution in [0.2, 0.25) is 0 Å². The van der Waals surface area contributed by atoms with E-state index >= 15 is 0 Å². The maximum Gasteiger partial charge on any atom is 0.240 e. The van der Waals surface area contributed by atoms with Crippen molar-refractivity contribution >= 4 is 17.7 Å². The normalized spacial score (nSPS) is 23.2. The summed E-state index contributed by atoms with van der Waals surface area (Å²) >= 11 is 1.86. The number of amides is 1. The molecule has 0 radical (unpaired) electrons. The van der Waals surface area contributed by atoms with Crippen molar-refractivity contribution < 1.29 is 4.79 Å². The number of nitrogens with one attached hydrogen (secondary N) is 1. The molecule has 1 N–H and O–H groups in total. The summed E-state index contributed by atoms with van der Waals surface area (Å²) in [5, 5.41) is 3.94. The number of hydrogen-bond donors (Lipinski definition) is 1. The summed E-state index contributed by atoms with van der Waals surface area (Å²) in [6, 6.07) is 0.0598. The second-order valence-electron chi connectivity index (χ2n) is 4.98. The van der Waals surface area contributed by atoms with Crippen LogP contribution in [0.25, 0.3) is 0 Å². The van der Waals surface area contributed by atoms with Gasteiger partial charge in [0.1, 0.15) is 0 Å². The van der Waals surface area contributed by atoms with Gasteiger partial charge in [-0.2, -0.15) is 11.8 Å². The smallest absolute Gasteiger partial charge is 0.240 e. The molecule has 0 saturated carbocycles. The zero-order chi connectivity index (χ0) is 12.1. The lowest BCUT2D eigenvalue weighted by molar-refractivity contribution is -0.129.